The summed E-state index contributed by atoms with van der Waals surface area (Å²) in [5.74, 6) is 1.81. The minimum Gasteiger partial charge on any atom is -0.494 e. The van der Waals surface area contributed by atoms with E-state index in [9.17, 15) is 0 Å². The monoisotopic (exact) mass is 402 g/mol. The van der Waals surface area contributed by atoms with Gasteiger partial charge < -0.3 is 4.74 Å². The van der Waals surface area contributed by atoms with Crippen LogP contribution in [-0.4, -0.2) is 33.0 Å². The average molecular weight is 403 g/mol. The highest BCUT2D eigenvalue weighted by Crippen LogP contribution is 2.25. The topological polar surface area (TPSA) is 51.1 Å². The van der Waals surface area contributed by atoms with Gasteiger partial charge in [0.15, 0.2) is 0 Å². The third-order valence-electron chi connectivity index (χ3n) is 5.36. The maximum atomic E-state index is 5.60. The Morgan fingerprint density at radius 2 is 1.93 bits per heavy atom. The molecular weight excluding hydrogens is 372 g/mol. The molecule has 0 fully saturated rings. The molecule has 0 amide bonds. The number of nitrogens with zero attached hydrogens (tertiary/aromatic N) is 4. The van der Waals surface area contributed by atoms with Crippen molar-refractivity contribution in [1.29, 1.82) is 0 Å². The lowest BCUT2D eigenvalue weighted by atomic mass is 9.95. The standard InChI is InChI=1S/C25H30N4O/c1-5-30-21-8-6-7-19(13-21)22-10-9-18(14-26-22)16-29-12-11-23-20(17-29)15-27-24(28-23)25(2,3)4/h6-10,13-15H,5,11-12,16-17H2,1-4H3. The van der Waals surface area contributed by atoms with Crippen LogP contribution in [0.15, 0.2) is 48.8 Å². The molecule has 1 aliphatic rings. The van der Waals surface area contributed by atoms with Gasteiger partial charge in [0.2, 0.25) is 0 Å². The van der Waals surface area contributed by atoms with Gasteiger partial charge in [-0.05, 0) is 30.7 Å². The highest BCUT2D eigenvalue weighted by molar-refractivity contribution is 5.61. The highest BCUT2D eigenvalue weighted by atomic mass is 16.5. The molecule has 1 aromatic carbocycles. The van der Waals surface area contributed by atoms with Crippen molar-refractivity contribution < 1.29 is 4.74 Å². The molecule has 0 radical (unpaired) electrons. The predicted octanol–water partition coefficient (Wildman–Crippen LogP) is 4.79. The lowest BCUT2D eigenvalue weighted by Gasteiger charge is -2.29. The van der Waals surface area contributed by atoms with Gasteiger partial charge in [-0.15, -0.1) is 0 Å². The van der Waals surface area contributed by atoms with Crippen LogP contribution in [0.25, 0.3) is 11.3 Å². The lowest BCUT2D eigenvalue weighted by molar-refractivity contribution is 0.242. The third kappa shape index (κ3) is 4.68. The van der Waals surface area contributed by atoms with Gasteiger partial charge in [0.25, 0.3) is 0 Å². The Kier molecular flexibility index (Phi) is 5.82. The quantitative estimate of drug-likeness (QED) is 0.614. The van der Waals surface area contributed by atoms with E-state index in [2.05, 4.69) is 48.9 Å². The smallest absolute Gasteiger partial charge is 0.133 e. The van der Waals surface area contributed by atoms with Crippen LogP contribution in [0.2, 0.25) is 0 Å². The van der Waals surface area contributed by atoms with Crippen LogP contribution in [0.5, 0.6) is 5.75 Å². The fourth-order valence-corrected chi connectivity index (χ4v) is 3.73. The van der Waals surface area contributed by atoms with Gasteiger partial charge in [-0.3, -0.25) is 9.88 Å². The van der Waals surface area contributed by atoms with Crippen molar-refractivity contribution in [2.24, 2.45) is 0 Å². The number of ether oxygens (including phenoxy) is 1. The number of fused-ring (bicyclic) bond motifs is 1. The van der Waals surface area contributed by atoms with Gasteiger partial charge in [0, 0.05) is 60.7 Å². The predicted molar refractivity (Wildman–Crippen MR) is 119 cm³/mol. The van der Waals surface area contributed by atoms with E-state index >= 15 is 0 Å². The molecular formula is C25H30N4O. The normalized spacial score (nSPS) is 14.4. The molecule has 30 heavy (non-hydrogen) atoms. The van der Waals surface area contributed by atoms with Gasteiger partial charge in [0.05, 0.1) is 12.3 Å². The fraction of sp³-hybridized carbons (Fsp3) is 0.400. The second kappa shape index (κ2) is 8.52. The Hall–Kier alpha value is -2.79. The van der Waals surface area contributed by atoms with Crippen molar-refractivity contribution in [3.63, 3.8) is 0 Å². The van der Waals surface area contributed by atoms with Crippen molar-refractivity contribution in [2.45, 2.75) is 52.6 Å². The van der Waals surface area contributed by atoms with E-state index in [1.807, 2.05) is 37.5 Å². The van der Waals surface area contributed by atoms with Crippen LogP contribution < -0.4 is 4.74 Å². The molecule has 0 spiro atoms. The zero-order valence-electron chi connectivity index (χ0n) is 18.4. The molecule has 0 saturated carbocycles. The molecule has 156 valence electrons. The fourth-order valence-electron chi connectivity index (χ4n) is 3.73. The first-order valence-electron chi connectivity index (χ1n) is 10.7. The zero-order chi connectivity index (χ0) is 21.1. The van der Waals surface area contributed by atoms with Gasteiger partial charge >= 0.3 is 0 Å². The average Bonchev–Trinajstić information content (AvgIpc) is 2.74. The van der Waals surface area contributed by atoms with Crippen molar-refractivity contribution in [3.05, 3.63) is 71.4 Å². The second-order valence-corrected chi connectivity index (χ2v) is 8.89. The molecule has 4 rings (SSSR count). The maximum absolute atomic E-state index is 5.60. The van der Waals surface area contributed by atoms with Crippen LogP contribution in [0.4, 0.5) is 0 Å². The summed E-state index contributed by atoms with van der Waals surface area (Å²) in [6, 6.07) is 12.4. The minimum atomic E-state index is -0.0121. The van der Waals surface area contributed by atoms with Crippen molar-refractivity contribution in [1.82, 2.24) is 19.9 Å². The summed E-state index contributed by atoms with van der Waals surface area (Å²) in [6.45, 7) is 11.9. The number of benzene rings is 1. The first-order valence-corrected chi connectivity index (χ1v) is 10.7. The summed E-state index contributed by atoms with van der Waals surface area (Å²) in [7, 11) is 0. The molecule has 5 heteroatoms. The van der Waals surface area contributed by atoms with Crippen LogP contribution in [0.3, 0.4) is 0 Å². The highest BCUT2D eigenvalue weighted by Gasteiger charge is 2.23. The Bertz CT molecular complexity index is 1010. The summed E-state index contributed by atoms with van der Waals surface area (Å²) in [5.41, 5.74) is 5.69. The first-order chi connectivity index (χ1) is 14.4. The number of hydrogen-bond donors (Lipinski definition) is 0. The van der Waals surface area contributed by atoms with Crippen LogP contribution in [0.1, 0.15) is 50.3 Å². The summed E-state index contributed by atoms with van der Waals surface area (Å²) >= 11 is 0. The molecule has 5 nitrogen and oxygen atoms in total. The molecule has 0 N–H and O–H groups in total. The largest absolute Gasteiger partial charge is 0.494 e. The number of aromatic nitrogens is 3. The van der Waals surface area contributed by atoms with E-state index in [-0.39, 0.29) is 5.41 Å². The number of hydrogen-bond acceptors (Lipinski definition) is 5. The molecule has 0 atom stereocenters. The summed E-state index contributed by atoms with van der Waals surface area (Å²) in [5, 5.41) is 0. The minimum absolute atomic E-state index is 0.0121. The summed E-state index contributed by atoms with van der Waals surface area (Å²) in [6.07, 6.45) is 4.97. The second-order valence-electron chi connectivity index (χ2n) is 8.89. The number of pyridine rings is 1. The lowest BCUT2D eigenvalue weighted by Crippen LogP contribution is -2.32. The summed E-state index contributed by atoms with van der Waals surface area (Å²) in [4.78, 5) is 16.6. The van der Waals surface area contributed by atoms with E-state index in [0.717, 1.165) is 48.9 Å². The van der Waals surface area contributed by atoms with Crippen LogP contribution >= 0.6 is 0 Å². The summed E-state index contributed by atoms with van der Waals surface area (Å²) < 4.78 is 5.60. The van der Waals surface area contributed by atoms with E-state index in [1.54, 1.807) is 0 Å². The first kappa shape index (κ1) is 20.5. The number of rotatable bonds is 5. The Morgan fingerprint density at radius 3 is 2.67 bits per heavy atom. The van der Waals surface area contributed by atoms with Crippen molar-refractivity contribution in [2.75, 3.05) is 13.2 Å². The van der Waals surface area contributed by atoms with E-state index in [4.69, 9.17) is 14.7 Å². The van der Waals surface area contributed by atoms with Crippen molar-refractivity contribution in [3.8, 4) is 17.0 Å². The molecule has 0 saturated heterocycles. The molecule has 0 bridgehead atoms. The molecule has 1 aliphatic heterocycles. The van der Waals surface area contributed by atoms with Gasteiger partial charge in [-0.1, -0.05) is 39.0 Å². The third-order valence-corrected chi connectivity index (χ3v) is 5.36. The molecule has 3 aromatic rings. The van der Waals surface area contributed by atoms with Gasteiger partial charge in [-0.25, -0.2) is 9.97 Å². The molecule has 0 aliphatic carbocycles. The van der Waals surface area contributed by atoms with Crippen LogP contribution in [-0.2, 0) is 24.9 Å². The Balaban J connectivity index is 1.43. The van der Waals surface area contributed by atoms with Gasteiger partial charge in [-0.2, -0.15) is 0 Å². The van der Waals surface area contributed by atoms with Crippen LogP contribution in [0, 0.1) is 0 Å². The van der Waals surface area contributed by atoms with Gasteiger partial charge in [0.1, 0.15) is 11.6 Å². The zero-order valence-corrected chi connectivity index (χ0v) is 18.4. The van der Waals surface area contributed by atoms with E-state index < -0.39 is 0 Å². The molecule has 0 unspecified atom stereocenters. The maximum Gasteiger partial charge on any atom is 0.133 e. The van der Waals surface area contributed by atoms with E-state index in [0.29, 0.717) is 6.61 Å². The molecule has 2 aromatic heterocycles. The Morgan fingerprint density at radius 1 is 1.07 bits per heavy atom. The van der Waals surface area contributed by atoms with Crippen molar-refractivity contribution >= 4 is 0 Å². The molecule has 3 heterocycles. The van der Waals surface area contributed by atoms with E-state index in [1.165, 1.54) is 16.8 Å². The Labute approximate surface area is 179 Å². The SMILES string of the molecule is CCOc1cccc(-c2ccc(CN3CCc4nc(C(C)(C)C)ncc4C3)cn2)c1.